The molecular formula is C20H15N2O4Si. The maximum absolute atomic E-state index is 13.1. The first-order chi connectivity index (χ1) is 12.9. The Bertz CT molecular complexity index is 1220. The van der Waals surface area contributed by atoms with Crippen molar-refractivity contribution in [3.63, 3.8) is 0 Å². The number of pyridine rings is 2. The van der Waals surface area contributed by atoms with Crippen molar-refractivity contribution in [1.82, 2.24) is 9.55 Å². The van der Waals surface area contributed by atoms with Gasteiger partial charge in [-0.1, -0.05) is 24.2 Å². The van der Waals surface area contributed by atoms with E-state index >= 15 is 0 Å². The molecule has 6 nitrogen and oxygen atoms in total. The first-order valence-electron chi connectivity index (χ1n) is 8.75. The molecule has 0 spiro atoms. The molecule has 2 aliphatic rings. The summed E-state index contributed by atoms with van der Waals surface area (Å²) in [5.41, 5.74) is 1.72. The largest absolute Gasteiger partial charge is 0.458 e. The second kappa shape index (κ2) is 5.37. The van der Waals surface area contributed by atoms with E-state index in [2.05, 4.69) is 10.2 Å². The van der Waals surface area contributed by atoms with Crippen LogP contribution in [0.5, 0.6) is 0 Å². The van der Waals surface area contributed by atoms with Crippen LogP contribution in [0.2, 0.25) is 0 Å². The molecule has 0 aliphatic carbocycles. The number of nitrogens with zero attached hydrogens (tertiary/aromatic N) is 2. The van der Waals surface area contributed by atoms with Crippen molar-refractivity contribution in [3.05, 3.63) is 57.4 Å². The molecular weight excluding hydrogens is 360 g/mol. The summed E-state index contributed by atoms with van der Waals surface area (Å²) in [4.78, 5) is 30.0. The molecule has 2 aliphatic heterocycles. The van der Waals surface area contributed by atoms with E-state index in [0.717, 1.165) is 21.7 Å². The first-order valence-corrected chi connectivity index (χ1v) is 9.25. The van der Waals surface area contributed by atoms with Crippen LogP contribution in [0.25, 0.3) is 22.3 Å². The van der Waals surface area contributed by atoms with Gasteiger partial charge in [-0.05, 0) is 24.6 Å². The predicted molar refractivity (Wildman–Crippen MR) is 99.9 cm³/mol. The number of benzene rings is 1. The molecule has 3 radical (unpaired) electrons. The smallest absolute Gasteiger partial charge is 0.343 e. The fourth-order valence-corrected chi connectivity index (χ4v) is 4.22. The number of hydrogen-bond donors (Lipinski definition) is 1. The monoisotopic (exact) mass is 375 g/mol. The van der Waals surface area contributed by atoms with Gasteiger partial charge in [0.05, 0.1) is 39.3 Å². The van der Waals surface area contributed by atoms with Crippen molar-refractivity contribution < 1.29 is 14.6 Å². The molecule has 1 N–H and O–H groups in total. The summed E-state index contributed by atoms with van der Waals surface area (Å²) < 4.78 is 6.72. The van der Waals surface area contributed by atoms with Gasteiger partial charge in [0, 0.05) is 16.5 Å². The van der Waals surface area contributed by atoms with Gasteiger partial charge in [0.1, 0.15) is 6.61 Å². The Morgan fingerprint density at radius 3 is 2.89 bits per heavy atom. The van der Waals surface area contributed by atoms with Crippen LogP contribution in [0, 0.1) is 0 Å². The van der Waals surface area contributed by atoms with Gasteiger partial charge in [0.2, 0.25) is 0 Å². The van der Waals surface area contributed by atoms with Crippen LogP contribution in [-0.4, -0.2) is 30.9 Å². The van der Waals surface area contributed by atoms with E-state index in [1.807, 2.05) is 24.3 Å². The topological polar surface area (TPSA) is 81.4 Å². The van der Waals surface area contributed by atoms with Crippen LogP contribution in [0.1, 0.15) is 30.0 Å². The Kier molecular flexibility index (Phi) is 3.26. The Labute approximate surface area is 157 Å². The van der Waals surface area contributed by atoms with E-state index < -0.39 is 11.6 Å². The number of aliphatic hydroxyl groups is 1. The van der Waals surface area contributed by atoms with Gasteiger partial charge in [-0.15, -0.1) is 0 Å². The van der Waals surface area contributed by atoms with E-state index in [-0.39, 0.29) is 18.6 Å². The van der Waals surface area contributed by atoms with E-state index in [1.54, 1.807) is 17.6 Å². The van der Waals surface area contributed by atoms with Crippen molar-refractivity contribution in [3.8, 4) is 11.4 Å². The quantitative estimate of drug-likeness (QED) is 0.394. The second-order valence-electron chi connectivity index (χ2n) is 7.01. The lowest BCUT2D eigenvalue weighted by molar-refractivity contribution is -0.172. The molecule has 0 saturated carbocycles. The number of aromatic nitrogens is 2. The highest BCUT2D eigenvalue weighted by atomic mass is 28.1. The highest BCUT2D eigenvalue weighted by Gasteiger charge is 2.45. The molecule has 0 bridgehead atoms. The lowest BCUT2D eigenvalue weighted by atomic mass is 9.86. The average molecular weight is 375 g/mol. The number of hydrogen-bond acceptors (Lipinski definition) is 5. The Morgan fingerprint density at radius 1 is 1.30 bits per heavy atom. The number of fused-ring (bicyclic) bond motifs is 5. The second-order valence-corrected chi connectivity index (χ2v) is 7.58. The normalized spacial score (nSPS) is 20.2. The van der Waals surface area contributed by atoms with Crippen molar-refractivity contribution in [1.29, 1.82) is 0 Å². The summed E-state index contributed by atoms with van der Waals surface area (Å²) in [5.74, 6) is -0.712. The zero-order chi connectivity index (χ0) is 18.9. The minimum absolute atomic E-state index is 0.117. The van der Waals surface area contributed by atoms with Crippen molar-refractivity contribution in [2.75, 3.05) is 0 Å². The SMILES string of the molecule is CC[C@@]1(O)C(=O)OCc2c1cc1n(c2=O)Cc2cc3cc([Si])ccc3nc2-1. The van der Waals surface area contributed by atoms with Crippen LogP contribution in [0.15, 0.2) is 35.1 Å². The fourth-order valence-electron chi connectivity index (χ4n) is 3.99. The summed E-state index contributed by atoms with van der Waals surface area (Å²) >= 11 is 0. The molecule has 4 heterocycles. The zero-order valence-electron chi connectivity index (χ0n) is 14.6. The fraction of sp³-hybridized carbons (Fsp3) is 0.250. The van der Waals surface area contributed by atoms with Crippen LogP contribution in [0.4, 0.5) is 0 Å². The third-order valence-corrected chi connectivity index (χ3v) is 5.82. The van der Waals surface area contributed by atoms with Gasteiger partial charge < -0.3 is 14.4 Å². The molecule has 3 aromatic rings. The number of carbonyl (C=O) groups is 1. The van der Waals surface area contributed by atoms with E-state index in [0.29, 0.717) is 29.1 Å². The number of esters is 1. The molecule has 0 saturated heterocycles. The Balaban J connectivity index is 1.80. The maximum Gasteiger partial charge on any atom is 0.343 e. The van der Waals surface area contributed by atoms with Gasteiger partial charge in [-0.3, -0.25) is 4.79 Å². The molecule has 1 aromatic carbocycles. The Hall–Kier alpha value is -2.77. The lowest BCUT2D eigenvalue weighted by Crippen LogP contribution is -2.44. The molecule has 5 rings (SSSR count). The summed E-state index contributed by atoms with van der Waals surface area (Å²) in [7, 11) is 3.52. The summed E-state index contributed by atoms with van der Waals surface area (Å²) in [6.45, 7) is 1.98. The van der Waals surface area contributed by atoms with E-state index in [4.69, 9.17) is 9.72 Å². The molecule has 133 valence electrons. The van der Waals surface area contributed by atoms with Gasteiger partial charge in [0.15, 0.2) is 5.60 Å². The number of ether oxygens (including phenoxy) is 1. The summed E-state index contributed by atoms with van der Waals surface area (Å²) in [6.07, 6.45) is 0.133. The molecule has 0 fully saturated rings. The van der Waals surface area contributed by atoms with Crippen LogP contribution in [-0.2, 0) is 28.3 Å². The van der Waals surface area contributed by atoms with Gasteiger partial charge in [-0.25, -0.2) is 9.78 Å². The summed E-state index contributed by atoms with van der Waals surface area (Å²) in [6, 6.07) is 9.57. The van der Waals surface area contributed by atoms with Crippen LogP contribution >= 0.6 is 0 Å². The highest BCUT2D eigenvalue weighted by Crippen LogP contribution is 2.38. The maximum atomic E-state index is 13.1. The van der Waals surface area contributed by atoms with Gasteiger partial charge >= 0.3 is 5.97 Å². The number of rotatable bonds is 1. The van der Waals surface area contributed by atoms with Crippen molar-refractivity contribution >= 4 is 32.3 Å². The van der Waals surface area contributed by atoms with E-state index in [1.165, 1.54) is 0 Å². The molecule has 0 unspecified atom stereocenters. The van der Waals surface area contributed by atoms with Crippen LogP contribution in [0.3, 0.4) is 0 Å². The van der Waals surface area contributed by atoms with Gasteiger partial charge in [0.25, 0.3) is 5.56 Å². The minimum Gasteiger partial charge on any atom is -0.458 e. The first kappa shape index (κ1) is 16.4. The molecule has 0 amide bonds. The number of cyclic esters (lactones) is 1. The highest BCUT2D eigenvalue weighted by molar-refractivity contribution is 6.33. The molecule has 7 heteroatoms. The molecule has 27 heavy (non-hydrogen) atoms. The van der Waals surface area contributed by atoms with Crippen molar-refractivity contribution in [2.24, 2.45) is 0 Å². The third-order valence-electron chi connectivity index (χ3n) is 5.51. The molecule has 2 aromatic heterocycles. The average Bonchev–Trinajstić information content (AvgIpc) is 3.01. The number of carbonyl (C=O) groups excluding carboxylic acids is 1. The Morgan fingerprint density at radius 2 is 2.11 bits per heavy atom. The predicted octanol–water partition coefficient (Wildman–Crippen LogP) is 0.873. The van der Waals surface area contributed by atoms with E-state index in [9.17, 15) is 14.7 Å². The summed E-state index contributed by atoms with van der Waals surface area (Å²) in [5, 5.41) is 12.8. The zero-order valence-corrected chi connectivity index (χ0v) is 15.6. The molecule has 1 atom stereocenters. The minimum atomic E-state index is -1.80. The van der Waals surface area contributed by atoms with Crippen molar-refractivity contribution in [2.45, 2.75) is 32.1 Å². The third kappa shape index (κ3) is 2.12. The standard InChI is InChI=1S/C20H15N2O4Si/c1-2-20(25)14-7-16-17-11(5-10-6-12(27)3-4-15(10)21-17)8-22(16)18(23)13(14)9-26-19(20)24/h3-7,25H,2,8-9H2,1H3/t20-/m0/s1. The van der Waals surface area contributed by atoms with Crippen LogP contribution < -0.4 is 10.7 Å². The van der Waals surface area contributed by atoms with Gasteiger partial charge in [-0.2, -0.15) is 0 Å². The lowest BCUT2D eigenvalue weighted by Gasteiger charge is -2.31.